The number of anilines is 1. The monoisotopic (exact) mass is 292 g/mol. The molecule has 2 fully saturated rings. The molecule has 1 amide bonds. The molecule has 7 nitrogen and oxygen atoms in total. The van der Waals surface area contributed by atoms with E-state index >= 15 is 0 Å². The second-order valence-corrected chi connectivity index (χ2v) is 6.57. The summed E-state index contributed by atoms with van der Waals surface area (Å²) < 4.78 is 5.44. The Kier molecular flexibility index (Phi) is 3.15. The molecular formula is C14H20N4O3. The normalized spacial score (nSPS) is 24.5. The predicted octanol–water partition coefficient (Wildman–Crippen LogP) is 1.38. The Bertz CT molecular complexity index is 540. The molecule has 7 heteroatoms. The van der Waals surface area contributed by atoms with Crippen LogP contribution in [0.25, 0.3) is 0 Å². The van der Waals surface area contributed by atoms with Crippen LogP contribution in [0.4, 0.5) is 10.7 Å². The Morgan fingerprint density at radius 1 is 1.29 bits per heavy atom. The molecule has 2 bridgehead atoms. The Hall–Kier alpha value is -2.05. The van der Waals surface area contributed by atoms with E-state index in [2.05, 4.69) is 14.9 Å². The molecule has 3 heterocycles. The third-order valence-corrected chi connectivity index (χ3v) is 3.75. The van der Waals surface area contributed by atoms with Crippen molar-refractivity contribution in [3.8, 4) is 5.75 Å². The van der Waals surface area contributed by atoms with Gasteiger partial charge in [0, 0.05) is 13.1 Å². The van der Waals surface area contributed by atoms with Crippen molar-refractivity contribution in [2.75, 3.05) is 18.0 Å². The van der Waals surface area contributed by atoms with Crippen molar-refractivity contribution < 1.29 is 14.6 Å². The van der Waals surface area contributed by atoms with Crippen molar-refractivity contribution in [2.45, 2.75) is 44.9 Å². The van der Waals surface area contributed by atoms with Gasteiger partial charge >= 0.3 is 6.09 Å². The zero-order valence-corrected chi connectivity index (χ0v) is 12.5. The fraction of sp³-hybridized carbons (Fsp3) is 0.643. The maximum atomic E-state index is 12.2. The first-order chi connectivity index (χ1) is 9.83. The standard InChI is InChI=1S/C14H20N4O3/c1-14(2,3)21-13(20)18-8-9-4-10(18)7-17(9)12-15-5-11(19)6-16-12/h5-6,9-10,19H,4,7-8H2,1-3H3. The highest BCUT2D eigenvalue weighted by Crippen LogP contribution is 2.33. The zero-order valence-electron chi connectivity index (χ0n) is 12.5. The molecule has 114 valence electrons. The number of nitrogens with zero attached hydrogens (tertiary/aromatic N) is 4. The summed E-state index contributed by atoms with van der Waals surface area (Å²) in [5.41, 5.74) is -0.474. The van der Waals surface area contributed by atoms with Crippen molar-refractivity contribution in [3.63, 3.8) is 0 Å². The van der Waals surface area contributed by atoms with Crippen LogP contribution in [-0.2, 0) is 4.74 Å². The fourth-order valence-electron chi connectivity index (χ4n) is 2.92. The molecule has 0 saturated carbocycles. The molecule has 2 atom stereocenters. The molecule has 2 aliphatic heterocycles. The third-order valence-electron chi connectivity index (χ3n) is 3.75. The van der Waals surface area contributed by atoms with Crippen LogP contribution >= 0.6 is 0 Å². The maximum absolute atomic E-state index is 12.2. The van der Waals surface area contributed by atoms with Gasteiger partial charge in [-0.25, -0.2) is 14.8 Å². The van der Waals surface area contributed by atoms with Crippen molar-refractivity contribution in [2.24, 2.45) is 0 Å². The first-order valence-electron chi connectivity index (χ1n) is 7.11. The number of amides is 1. The molecule has 0 radical (unpaired) electrons. The predicted molar refractivity (Wildman–Crippen MR) is 76.2 cm³/mol. The van der Waals surface area contributed by atoms with Crippen LogP contribution < -0.4 is 4.90 Å². The van der Waals surface area contributed by atoms with Gasteiger partial charge in [-0.05, 0) is 27.2 Å². The molecule has 0 aliphatic carbocycles. The summed E-state index contributed by atoms with van der Waals surface area (Å²) >= 11 is 0. The highest BCUT2D eigenvalue weighted by atomic mass is 16.6. The number of fused-ring (bicyclic) bond motifs is 2. The van der Waals surface area contributed by atoms with Crippen LogP contribution in [-0.4, -0.2) is 56.8 Å². The van der Waals surface area contributed by atoms with E-state index in [4.69, 9.17) is 4.74 Å². The molecule has 21 heavy (non-hydrogen) atoms. The minimum atomic E-state index is -0.474. The molecular weight excluding hydrogens is 272 g/mol. The smallest absolute Gasteiger partial charge is 0.410 e. The molecule has 2 unspecified atom stereocenters. The molecule has 3 rings (SSSR count). The van der Waals surface area contributed by atoms with E-state index in [1.165, 1.54) is 12.4 Å². The molecule has 1 aromatic heterocycles. The number of aromatic nitrogens is 2. The van der Waals surface area contributed by atoms with E-state index in [9.17, 15) is 9.90 Å². The van der Waals surface area contributed by atoms with Gasteiger partial charge in [-0.15, -0.1) is 0 Å². The highest BCUT2D eigenvalue weighted by Gasteiger charge is 2.47. The lowest BCUT2D eigenvalue weighted by Crippen LogP contribution is -2.50. The number of carbonyl (C=O) groups is 1. The van der Waals surface area contributed by atoms with Crippen molar-refractivity contribution in [1.82, 2.24) is 14.9 Å². The summed E-state index contributed by atoms with van der Waals surface area (Å²) in [6, 6.07) is 0.356. The average Bonchev–Trinajstić information content (AvgIpc) is 2.97. The molecule has 1 N–H and O–H groups in total. The van der Waals surface area contributed by atoms with Gasteiger partial charge in [0.1, 0.15) is 5.60 Å². The van der Waals surface area contributed by atoms with E-state index in [0.717, 1.165) is 6.42 Å². The van der Waals surface area contributed by atoms with Gasteiger partial charge in [0.2, 0.25) is 5.95 Å². The minimum absolute atomic E-state index is 0.0542. The second kappa shape index (κ2) is 4.75. The number of hydrogen-bond acceptors (Lipinski definition) is 6. The maximum Gasteiger partial charge on any atom is 0.410 e. The summed E-state index contributed by atoms with van der Waals surface area (Å²) in [7, 11) is 0. The molecule has 2 saturated heterocycles. The fourth-order valence-corrected chi connectivity index (χ4v) is 2.92. The van der Waals surface area contributed by atoms with Crippen LogP contribution in [0.2, 0.25) is 0 Å². The number of carbonyl (C=O) groups excluding carboxylic acids is 1. The van der Waals surface area contributed by atoms with Crippen molar-refractivity contribution >= 4 is 12.0 Å². The van der Waals surface area contributed by atoms with Crippen molar-refractivity contribution in [1.29, 1.82) is 0 Å². The Morgan fingerprint density at radius 2 is 1.95 bits per heavy atom. The summed E-state index contributed by atoms with van der Waals surface area (Å²) in [6.45, 7) is 6.94. The Balaban J connectivity index is 1.66. The first-order valence-corrected chi connectivity index (χ1v) is 7.11. The number of rotatable bonds is 1. The van der Waals surface area contributed by atoms with Crippen molar-refractivity contribution in [3.05, 3.63) is 12.4 Å². The van der Waals surface area contributed by atoms with Gasteiger partial charge in [-0.3, -0.25) is 0 Å². The summed E-state index contributed by atoms with van der Waals surface area (Å²) in [5.74, 6) is 0.655. The molecule has 0 spiro atoms. The molecule has 0 aromatic carbocycles. The van der Waals surface area contributed by atoms with Crippen LogP contribution in [0.3, 0.4) is 0 Å². The first kappa shape index (κ1) is 13.9. The van der Waals surface area contributed by atoms with Gasteiger partial charge in [-0.1, -0.05) is 0 Å². The van der Waals surface area contributed by atoms with Crippen LogP contribution in [0, 0.1) is 0 Å². The van der Waals surface area contributed by atoms with Gasteiger partial charge in [0.25, 0.3) is 0 Å². The molecule has 2 aliphatic rings. The topological polar surface area (TPSA) is 78.8 Å². The number of likely N-dealkylation sites (tertiary alicyclic amines) is 1. The summed E-state index contributed by atoms with van der Waals surface area (Å²) in [5, 5.41) is 9.24. The van der Waals surface area contributed by atoms with E-state index in [1.807, 2.05) is 20.8 Å². The van der Waals surface area contributed by atoms with Gasteiger partial charge in [-0.2, -0.15) is 0 Å². The van der Waals surface area contributed by atoms with E-state index in [-0.39, 0.29) is 23.9 Å². The van der Waals surface area contributed by atoms with Crippen LogP contribution in [0.5, 0.6) is 5.75 Å². The number of piperazine rings is 1. The second-order valence-electron chi connectivity index (χ2n) is 6.57. The SMILES string of the molecule is CC(C)(C)OC(=O)N1CC2CC1CN2c1ncc(O)cn1. The van der Waals surface area contributed by atoms with Gasteiger partial charge in [0.05, 0.1) is 24.5 Å². The van der Waals surface area contributed by atoms with Crippen LogP contribution in [0.15, 0.2) is 12.4 Å². The summed E-state index contributed by atoms with van der Waals surface area (Å²) in [4.78, 5) is 24.3. The quantitative estimate of drug-likeness (QED) is 0.842. The lowest BCUT2D eigenvalue weighted by atomic mass is 10.2. The lowest BCUT2D eigenvalue weighted by Gasteiger charge is -2.35. The number of hydrogen-bond donors (Lipinski definition) is 1. The Labute approximate surface area is 123 Å². The number of aromatic hydroxyl groups is 1. The lowest BCUT2D eigenvalue weighted by molar-refractivity contribution is 0.0214. The van der Waals surface area contributed by atoms with E-state index in [0.29, 0.717) is 19.0 Å². The van der Waals surface area contributed by atoms with Gasteiger partial charge in [0.15, 0.2) is 5.75 Å². The Morgan fingerprint density at radius 3 is 2.48 bits per heavy atom. The minimum Gasteiger partial charge on any atom is -0.505 e. The average molecular weight is 292 g/mol. The zero-order chi connectivity index (χ0) is 15.2. The highest BCUT2D eigenvalue weighted by molar-refractivity contribution is 5.70. The molecule has 1 aromatic rings. The van der Waals surface area contributed by atoms with E-state index < -0.39 is 5.60 Å². The largest absolute Gasteiger partial charge is 0.505 e. The summed E-state index contributed by atoms with van der Waals surface area (Å²) in [6.07, 6.45) is 3.44. The van der Waals surface area contributed by atoms with E-state index in [1.54, 1.807) is 4.90 Å². The van der Waals surface area contributed by atoms with Gasteiger partial charge < -0.3 is 19.6 Å². The number of ether oxygens (including phenoxy) is 1. The van der Waals surface area contributed by atoms with Crippen LogP contribution in [0.1, 0.15) is 27.2 Å². The third kappa shape index (κ3) is 2.72.